The summed E-state index contributed by atoms with van der Waals surface area (Å²) in [5.41, 5.74) is 6.38. The quantitative estimate of drug-likeness (QED) is 0.530. The zero-order valence-corrected chi connectivity index (χ0v) is 15.0. The van der Waals surface area contributed by atoms with E-state index in [9.17, 15) is 9.90 Å². The molecule has 0 saturated carbocycles. The van der Waals surface area contributed by atoms with E-state index in [2.05, 4.69) is 15.5 Å². The number of rotatable bonds is 5. The predicted octanol–water partition coefficient (Wildman–Crippen LogP) is 3.73. The lowest BCUT2D eigenvalue weighted by Crippen LogP contribution is -2.00. The molecule has 0 atom stereocenters. The molecule has 2 aromatic carbocycles. The van der Waals surface area contributed by atoms with Crippen molar-refractivity contribution in [3.05, 3.63) is 64.7 Å². The lowest BCUT2D eigenvalue weighted by molar-refractivity contribution is -0.268. The number of aryl methyl sites for hydroxylation is 1. The first-order valence-corrected chi connectivity index (χ1v) is 8.64. The standard InChI is InChI=1S/C19H17N3O3S/c1-11-17(26-18(20-11)13-5-9-16(23)10-6-13)12(2)21-22-15-7-3-14(4-8-15)19(24)25/h3-10,22-23H,1-2H3,(H,24,25)/p-1/b21-12+. The summed E-state index contributed by atoms with van der Waals surface area (Å²) >= 11 is 1.51. The normalized spacial score (nSPS) is 11.4. The molecule has 7 heteroatoms. The number of nitrogens with zero attached hydrogens (tertiary/aromatic N) is 2. The molecule has 0 aliphatic carbocycles. The SMILES string of the molecule is C/C(=N\Nc1ccc(C(=O)O)cc1)c1sc(-c2ccc([O-])cc2)nc1C. The molecular weight excluding hydrogens is 350 g/mol. The summed E-state index contributed by atoms with van der Waals surface area (Å²) < 4.78 is 0. The number of anilines is 1. The Morgan fingerprint density at radius 2 is 1.81 bits per heavy atom. The number of aromatic carboxylic acids is 1. The van der Waals surface area contributed by atoms with Gasteiger partial charge in [-0.15, -0.1) is 17.1 Å². The van der Waals surface area contributed by atoms with Gasteiger partial charge in [0.1, 0.15) is 5.01 Å². The third kappa shape index (κ3) is 3.89. The highest BCUT2D eigenvalue weighted by molar-refractivity contribution is 7.17. The molecule has 0 spiro atoms. The van der Waals surface area contributed by atoms with Gasteiger partial charge in [0.2, 0.25) is 0 Å². The Morgan fingerprint density at radius 3 is 2.42 bits per heavy atom. The van der Waals surface area contributed by atoms with Crippen molar-refractivity contribution in [1.82, 2.24) is 4.98 Å². The smallest absolute Gasteiger partial charge is 0.335 e. The van der Waals surface area contributed by atoms with Gasteiger partial charge in [-0.3, -0.25) is 5.43 Å². The number of thiazole rings is 1. The van der Waals surface area contributed by atoms with Crippen LogP contribution in [0, 0.1) is 6.92 Å². The topological polar surface area (TPSA) is 97.6 Å². The minimum atomic E-state index is -0.964. The van der Waals surface area contributed by atoms with Gasteiger partial charge in [-0.25, -0.2) is 9.78 Å². The maximum absolute atomic E-state index is 11.2. The van der Waals surface area contributed by atoms with E-state index in [0.29, 0.717) is 5.69 Å². The number of carboxylic acid groups (broad SMARTS) is 1. The minimum Gasteiger partial charge on any atom is -0.872 e. The molecule has 3 aromatic rings. The monoisotopic (exact) mass is 366 g/mol. The fourth-order valence-corrected chi connectivity index (χ4v) is 3.36. The first kappa shape index (κ1) is 17.6. The van der Waals surface area contributed by atoms with Crippen LogP contribution in [-0.2, 0) is 0 Å². The van der Waals surface area contributed by atoms with Gasteiger partial charge in [0.15, 0.2) is 0 Å². The Kier molecular flexibility index (Phi) is 4.99. The molecule has 3 rings (SSSR count). The van der Waals surface area contributed by atoms with E-state index < -0.39 is 5.97 Å². The van der Waals surface area contributed by atoms with E-state index in [1.165, 1.54) is 35.6 Å². The molecule has 0 unspecified atom stereocenters. The summed E-state index contributed by atoms with van der Waals surface area (Å²) in [6.07, 6.45) is 0. The van der Waals surface area contributed by atoms with Crippen molar-refractivity contribution in [2.75, 3.05) is 5.43 Å². The number of carbonyl (C=O) groups is 1. The van der Waals surface area contributed by atoms with Gasteiger partial charge in [0, 0.05) is 5.56 Å². The molecule has 0 amide bonds. The second-order valence-electron chi connectivity index (χ2n) is 5.65. The third-order valence-electron chi connectivity index (χ3n) is 3.71. The number of nitrogens with one attached hydrogen (secondary N) is 1. The molecule has 1 aromatic heterocycles. The van der Waals surface area contributed by atoms with Crippen LogP contribution >= 0.6 is 11.3 Å². The van der Waals surface area contributed by atoms with Crippen LogP contribution in [0.25, 0.3) is 10.6 Å². The fraction of sp³-hybridized carbons (Fsp3) is 0.105. The first-order valence-electron chi connectivity index (χ1n) is 7.83. The van der Waals surface area contributed by atoms with Crippen LogP contribution in [-0.4, -0.2) is 21.8 Å². The summed E-state index contributed by atoms with van der Waals surface area (Å²) in [6.45, 7) is 3.79. The molecule has 2 N–H and O–H groups in total. The summed E-state index contributed by atoms with van der Waals surface area (Å²) in [6, 6.07) is 12.9. The van der Waals surface area contributed by atoms with Crippen LogP contribution in [0.5, 0.6) is 5.75 Å². The van der Waals surface area contributed by atoms with E-state index in [1.807, 2.05) is 13.8 Å². The molecule has 26 heavy (non-hydrogen) atoms. The highest BCUT2D eigenvalue weighted by Crippen LogP contribution is 2.29. The molecule has 0 saturated heterocycles. The molecule has 0 aliphatic rings. The maximum atomic E-state index is 11.2. The summed E-state index contributed by atoms with van der Waals surface area (Å²) in [5.74, 6) is -0.993. The Bertz CT molecular complexity index is 961. The van der Waals surface area contributed by atoms with E-state index in [-0.39, 0.29) is 11.3 Å². The average molecular weight is 366 g/mol. The second kappa shape index (κ2) is 7.37. The van der Waals surface area contributed by atoms with Gasteiger partial charge in [-0.2, -0.15) is 5.10 Å². The Hall–Kier alpha value is -3.19. The molecular formula is C19H16N3O3S-. The van der Waals surface area contributed by atoms with E-state index in [4.69, 9.17) is 5.11 Å². The van der Waals surface area contributed by atoms with E-state index in [0.717, 1.165) is 26.9 Å². The summed E-state index contributed by atoms with van der Waals surface area (Å²) in [5, 5.41) is 25.3. The summed E-state index contributed by atoms with van der Waals surface area (Å²) in [7, 11) is 0. The van der Waals surface area contributed by atoms with Gasteiger partial charge < -0.3 is 10.2 Å². The second-order valence-corrected chi connectivity index (χ2v) is 6.65. The van der Waals surface area contributed by atoms with Gasteiger partial charge in [0.25, 0.3) is 0 Å². The van der Waals surface area contributed by atoms with Crippen LogP contribution in [0.2, 0.25) is 0 Å². The lowest BCUT2D eigenvalue weighted by Gasteiger charge is -2.04. The zero-order chi connectivity index (χ0) is 18.7. The van der Waals surface area contributed by atoms with Gasteiger partial charge in [-0.05, 0) is 38.1 Å². The molecule has 132 valence electrons. The van der Waals surface area contributed by atoms with Gasteiger partial charge in [-0.1, -0.05) is 24.3 Å². The first-order chi connectivity index (χ1) is 12.4. The van der Waals surface area contributed by atoms with Crippen molar-refractivity contribution < 1.29 is 15.0 Å². The molecule has 0 fully saturated rings. The number of hydrogen-bond acceptors (Lipinski definition) is 6. The molecule has 0 radical (unpaired) electrons. The molecule has 0 aliphatic heterocycles. The zero-order valence-electron chi connectivity index (χ0n) is 14.2. The number of aromatic nitrogens is 1. The fourth-order valence-electron chi connectivity index (χ4n) is 2.34. The predicted molar refractivity (Wildman–Crippen MR) is 101 cm³/mol. The van der Waals surface area contributed by atoms with Crippen molar-refractivity contribution in [3.63, 3.8) is 0 Å². The highest BCUT2D eigenvalue weighted by atomic mass is 32.1. The van der Waals surface area contributed by atoms with Crippen LogP contribution < -0.4 is 10.5 Å². The van der Waals surface area contributed by atoms with Crippen LogP contribution in [0.4, 0.5) is 5.69 Å². The molecule has 6 nitrogen and oxygen atoms in total. The number of hydrazone groups is 1. The van der Waals surface area contributed by atoms with E-state index in [1.54, 1.807) is 24.3 Å². The average Bonchev–Trinajstić information content (AvgIpc) is 3.02. The third-order valence-corrected chi connectivity index (χ3v) is 5.03. The number of carboxylic acids is 1. The highest BCUT2D eigenvalue weighted by Gasteiger charge is 2.12. The number of benzene rings is 2. The Labute approximate surface area is 154 Å². The van der Waals surface area contributed by atoms with E-state index >= 15 is 0 Å². The van der Waals surface area contributed by atoms with Crippen molar-refractivity contribution >= 4 is 28.7 Å². The molecule has 1 heterocycles. The van der Waals surface area contributed by atoms with Crippen molar-refractivity contribution in [2.45, 2.75) is 13.8 Å². The maximum Gasteiger partial charge on any atom is 0.335 e. The lowest BCUT2D eigenvalue weighted by atomic mass is 10.2. The van der Waals surface area contributed by atoms with Gasteiger partial charge in [0.05, 0.1) is 27.5 Å². The van der Waals surface area contributed by atoms with Crippen molar-refractivity contribution in [3.8, 4) is 16.3 Å². The number of hydrogen-bond donors (Lipinski definition) is 2. The minimum absolute atomic E-state index is 0.0295. The van der Waals surface area contributed by atoms with Crippen molar-refractivity contribution in [2.24, 2.45) is 5.10 Å². The van der Waals surface area contributed by atoms with Crippen LogP contribution in [0.1, 0.15) is 27.9 Å². The molecule has 0 bridgehead atoms. The largest absolute Gasteiger partial charge is 0.872 e. The Balaban J connectivity index is 1.78. The van der Waals surface area contributed by atoms with Crippen molar-refractivity contribution in [1.29, 1.82) is 0 Å². The Morgan fingerprint density at radius 1 is 1.15 bits per heavy atom. The summed E-state index contributed by atoms with van der Waals surface area (Å²) in [4.78, 5) is 16.4. The van der Waals surface area contributed by atoms with Gasteiger partial charge >= 0.3 is 5.97 Å². The van der Waals surface area contributed by atoms with Crippen LogP contribution in [0.3, 0.4) is 0 Å². The van der Waals surface area contributed by atoms with Crippen LogP contribution in [0.15, 0.2) is 53.6 Å².